The monoisotopic (exact) mass is 760 g/mol. The molecule has 55 heavy (non-hydrogen) atoms. The van der Waals surface area contributed by atoms with Crippen LogP contribution in [0, 0.1) is 17.0 Å². The molecule has 4 aliphatic rings. The maximum Gasteiger partial charge on any atom is 0.319 e. The predicted molar refractivity (Wildman–Crippen MR) is 208 cm³/mol. The van der Waals surface area contributed by atoms with Crippen molar-refractivity contribution >= 4 is 33.4 Å². The van der Waals surface area contributed by atoms with Crippen LogP contribution in [0.2, 0.25) is 0 Å². The van der Waals surface area contributed by atoms with Gasteiger partial charge in [-0.05, 0) is 92.9 Å². The van der Waals surface area contributed by atoms with Crippen molar-refractivity contribution < 1.29 is 33.3 Å². The number of likely N-dealkylation sites (tertiary alicyclic amines) is 1. The number of halogens is 2. The van der Waals surface area contributed by atoms with Crippen molar-refractivity contribution in [1.29, 1.82) is 0 Å². The van der Waals surface area contributed by atoms with E-state index >= 15 is 8.78 Å². The Labute approximate surface area is 321 Å². The van der Waals surface area contributed by atoms with E-state index in [0.29, 0.717) is 65.8 Å². The third-order valence-corrected chi connectivity index (χ3v) is 12.0. The fraction of sp³-hybridized carbons (Fsp3) is 0.571. The molecule has 2 saturated heterocycles. The molecule has 2 aliphatic carbocycles. The lowest BCUT2D eigenvalue weighted by Gasteiger charge is -2.53. The second-order valence-electron chi connectivity index (χ2n) is 15.9. The molecule has 296 valence electrons. The molecule has 3 N–H and O–H groups in total. The Morgan fingerprint density at radius 2 is 1.91 bits per heavy atom. The first-order valence-electron chi connectivity index (χ1n) is 20.0. The molecule has 2 aliphatic heterocycles. The summed E-state index contributed by atoms with van der Waals surface area (Å²) in [6.07, 6.45) is 8.96. The highest BCUT2D eigenvalue weighted by atomic mass is 19.1. The molecule has 1 amide bonds. The summed E-state index contributed by atoms with van der Waals surface area (Å²) in [6, 6.07) is 6.87. The first-order chi connectivity index (χ1) is 26.4. The minimum absolute atomic E-state index is 0.0102. The van der Waals surface area contributed by atoms with Gasteiger partial charge in [-0.1, -0.05) is 33.3 Å². The normalized spacial score (nSPS) is 26.8. The van der Waals surface area contributed by atoms with Crippen LogP contribution in [-0.2, 0) is 16.0 Å². The number of ether oxygens (including phenoxy) is 2. The van der Waals surface area contributed by atoms with Crippen LogP contribution < -0.4 is 15.0 Å². The van der Waals surface area contributed by atoms with Crippen molar-refractivity contribution in [3.8, 4) is 23.0 Å². The molecule has 4 aromatic rings. The first-order valence-corrected chi connectivity index (χ1v) is 20.0. The average molecular weight is 761 g/mol. The number of benzene rings is 2. The quantitative estimate of drug-likeness (QED) is 0.179. The molecule has 4 heterocycles. The fourth-order valence-corrected chi connectivity index (χ4v) is 9.58. The number of carbonyl (C=O) groups excluding carboxylic acids is 1. The summed E-state index contributed by atoms with van der Waals surface area (Å²) in [6.45, 7) is 11.5. The van der Waals surface area contributed by atoms with Crippen LogP contribution in [0.25, 0.3) is 32.9 Å². The van der Waals surface area contributed by atoms with E-state index in [-0.39, 0.29) is 59.0 Å². The summed E-state index contributed by atoms with van der Waals surface area (Å²) in [5.41, 5.74) is -0.734. The molecule has 2 saturated carbocycles. The van der Waals surface area contributed by atoms with Crippen molar-refractivity contribution in [2.75, 3.05) is 44.4 Å². The molecule has 0 bridgehead atoms. The number of β-amino-alcohol motifs (C(OH)–C–C–N with tert-alkyl or cyclic N) is 1. The molecule has 4 fully saturated rings. The largest absolute Gasteiger partial charge is 0.508 e. The predicted octanol–water partition coefficient (Wildman–Crippen LogP) is 6.69. The topological polar surface area (TPSA) is 133 Å². The number of nitrogens with zero attached hydrogens (tertiary/aromatic N) is 5. The minimum Gasteiger partial charge on any atom is -0.508 e. The van der Waals surface area contributed by atoms with E-state index in [1.165, 1.54) is 24.4 Å². The van der Waals surface area contributed by atoms with Gasteiger partial charge < -0.3 is 29.9 Å². The van der Waals surface area contributed by atoms with Gasteiger partial charge in [-0.15, -0.1) is 0 Å². The van der Waals surface area contributed by atoms with Crippen molar-refractivity contribution in [1.82, 2.24) is 25.2 Å². The van der Waals surface area contributed by atoms with E-state index in [1.807, 2.05) is 25.7 Å². The van der Waals surface area contributed by atoms with Gasteiger partial charge >= 0.3 is 6.01 Å². The van der Waals surface area contributed by atoms with E-state index in [0.717, 1.165) is 51.5 Å². The molecular formula is C42H54F2N6O5. The lowest BCUT2D eigenvalue weighted by molar-refractivity contribution is -0.121. The molecule has 13 heteroatoms. The highest BCUT2D eigenvalue weighted by Gasteiger charge is 2.52. The smallest absolute Gasteiger partial charge is 0.319 e. The minimum atomic E-state index is -1.19. The van der Waals surface area contributed by atoms with E-state index in [9.17, 15) is 15.0 Å². The second-order valence-corrected chi connectivity index (χ2v) is 15.9. The highest BCUT2D eigenvalue weighted by Crippen LogP contribution is 2.50. The summed E-state index contributed by atoms with van der Waals surface area (Å²) < 4.78 is 44.5. The first kappa shape index (κ1) is 39.1. The van der Waals surface area contributed by atoms with Crippen molar-refractivity contribution in [3.63, 3.8) is 0 Å². The number of piperidine rings is 1. The van der Waals surface area contributed by atoms with Gasteiger partial charge in [0.25, 0.3) is 0 Å². The highest BCUT2D eigenvalue weighted by molar-refractivity contribution is 6.01. The molecule has 2 aromatic carbocycles. The number of pyridine rings is 1. The Bertz CT molecular complexity index is 2060. The summed E-state index contributed by atoms with van der Waals surface area (Å²) >= 11 is 0. The van der Waals surface area contributed by atoms with Gasteiger partial charge in [-0.25, -0.2) is 8.78 Å². The summed E-state index contributed by atoms with van der Waals surface area (Å²) in [5.74, 6) is -0.873. The van der Waals surface area contributed by atoms with Crippen LogP contribution in [0.1, 0.15) is 85.1 Å². The molecule has 0 radical (unpaired) electrons. The van der Waals surface area contributed by atoms with Crippen LogP contribution in [0.3, 0.4) is 0 Å². The SMILES string of the molecule is CC.CCc1c(F)ccc2cc(O)cc(-c3ncc4c(N5CCOCC(C)(O)C5)nc(OCC56CCCC5N(C5CC(NC(C)=O)C5)CCC6)nc4c3F)c12. The number of aromatic nitrogens is 3. The van der Waals surface area contributed by atoms with Crippen molar-refractivity contribution in [3.05, 3.63) is 47.7 Å². The van der Waals surface area contributed by atoms with Crippen LogP contribution in [0.4, 0.5) is 14.6 Å². The maximum absolute atomic E-state index is 17.1. The number of fused-ring (bicyclic) bond motifs is 3. The molecule has 8 rings (SSSR count). The fourth-order valence-electron chi connectivity index (χ4n) is 9.58. The Kier molecular flexibility index (Phi) is 11.2. The van der Waals surface area contributed by atoms with E-state index in [2.05, 4.69) is 15.2 Å². The van der Waals surface area contributed by atoms with Crippen LogP contribution in [0.15, 0.2) is 30.5 Å². The number of rotatable bonds is 8. The summed E-state index contributed by atoms with van der Waals surface area (Å²) in [4.78, 5) is 30.2. The Morgan fingerprint density at radius 1 is 1.13 bits per heavy atom. The number of aliphatic hydroxyl groups is 1. The number of hydrogen-bond donors (Lipinski definition) is 3. The van der Waals surface area contributed by atoms with Gasteiger partial charge in [-0.2, -0.15) is 9.97 Å². The number of amides is 1. The number of nitrogens with one attached hydrogen (secondary N) is 1. The lowest BCUT2D eigenvalue weighted by Crippen LogP contribution is -2.61. The number of aromatic hydroxyl groups is 1. The molecule has 0 spiro atoms. The Hall–Kier alpha value is -4.20. The third kappa shape index (κ3) is 7.55. The zero-order valence-corrected chi connectivity index (χ0v) is 32.6. The number of hydrogen-bond acceptors (Lipinski definition) is 10. The van der Waals surface area contributed by atoms with Crippen molar-refractivity contribution in [2.45, 2.75) is 110 Å². The van der Waals surface area contributed by atoms with Crippen LogP contribution in [0.5, 0.6) is 11.8 Å². The van der Waals surface area contributed by atoms with E-state index in [4.69, 9.17) is 19.4 Å². The number of anilines is 1. The van der Waals surface area contributed by atoms with Gasteiger partial charge in [0.15, 0.2) is 5.82 Å². The zero-order chi connectivity index (χ0) is 39.1. The van der Waals surface area contributed by atoms with E-state index < -0.39 is 17.2 Å². The third-order valence-electron chi connectivity index (χ3n) is 12.0. The molecular weight excluding hydrogens is 706 g/mol. The lowest BCUT2D eigenvalue weighted by atomic mass is 9.73. The Balaban J connectivity index is 0.00000229. The molecule has 3 unspecified atom stereocenters. The van der Waals surface area contributed by atoms with E-state index in [1.54, 1.807) is 19.9 Å². The number of carbonyl (C=O) groups is 1. The standard InChI is InChI=1S/C40H48F2N6O5.C2H6/c1-4-28-31(41)9-8-24-15-27(50)18-29(33(24)28)35-34(42)36-30(19-43-35)37(47-13-14-52-21-39(3,51)20-47)46-38(45-36)53-22-40-10-5-7-32(40)48(12-6-11-40)26-16-25(17-26)44-23(2)49;1-2/h8-9,15,18-19,25-26,32,50-51H,4-7,10-14,16-17,20-22H2,1-3H3,(H,44,49);1-2H3. The Morgan fingerprint density at radius 3 is 2.67 bits per heavy atom. The summed E-state index contributed by atoms with van der Waals surface area (Å²) in [7, 11) is 0. The van der Waals surface area contributed by atoms with Gasteiger partial charge in [0, 0.05) is 48.8 Å². The molecule has 3 atom stereocenters. The number of aryl methyl sites for hydroxylation is 1. The van der Waals surface area contributed by atoms with Crippen LogP contribution in [-0.4, -0.2) is 99.2 Å². The molecule has 2 aromatic heterocycles. The van der Waals surface area contributed by atoms with Gasteiger partial charge in [0.2, 0.25) is 5.91 Å². The maximum atomic E-state index is 17.1. The van der Waals surface area contributed by atoms with Crippen LogP contribution >= 0.6 is 0 Å². The van der Waals surface area contributed by atoms with Gasteiger partial charge in [0.1, 0.15) is 34.2 Å². The molecule has 11 nitrogen and oxygen atoms in total. The number of phenolic OH excluding ortho intramolecular Hbond substituents is 1. The zero-order valence-electron chi connectivity index (χ0n) is 32.6. The van der Waals surface area contributed by atoms with Gasteiger partial charge in [0.05, 0.1) is 31.8 Å². The van der Waals surface area contributed by atoms with Crippen molar-refractivity contribution in [2.24, 2.45) is 5.41 Å². The number of phenols is 1. The summed E-state index contributed by atoms with van der Waals surface area (Å²) in [5, 5.41) is 26.2. The second kappa shape index (κ2) is 15.7. The van der Waals surface area contributed by atoms with Gasteiger partial charge in [-0.3, -0.25) is 14.7 Å². The average Bonchev–Trinajstić information content (AvgIpc) is 3.50.